The second-order valence-corrected chi connectivity index (χ2v) is 5.86. The molecule has 0 heterocycles. The molecule has 0 saturated carbocycles. The second kappa shape index (κ2) is 9.94. The van der Waals surface area contributed by atoms with E-state index in [0.29, 0.717) is 17.2 Å². The van der Waals surface area contributed by atoms with Crippen LogP contribution in [0.3, 0.4) is 0 Å². The van der Waals surface area contributed by atoms with E-state index in [1.807, 2.05) is 6.07 Å². The molecular weight excluding hydrogens is 361 g/mol. The topological polar surface area (TPSA) is 61.8 Å². The van der Waals surface area contributed by atoms with E-state index >= 15 is 0 Å². The Morgan fingerprint density at radius 2 is 1.74 bits per heavy atom. The second-order valence-electron chi connectivity index (χ2n) is 5.86. The zero-order chi connectivity index (χ0) is 19.7. The van der Waals surface area contributed by atoms with E-state index in [0.717, 1.165) is 4.90 Å². The smallest absolute Gasteiger partial charge is 0.401 e. The Kier molecular flexibility index (Phi) is 7.63. The molecule has 0 unspecified atom stereocenters. The number of carbonyl (C=O) groups excluding carboxylic acids is 1. The minimum Gasteiger partial charge on any atom is -0.455 e. The number of hydrogen-bond donors (Lipinski definition) is 2. The summed E-state index contributed by atoms with van der Waals surface area (Å²) in [6, 6.07) is 15.6. The minimum absolute atomic E-state index is 0.0361. The normalized spacial score (nSPS) is 11.4. The van der Waals surface area contributed by atoms with Crippen LogP contribution in [0.1, 0.15) is 6.42 Å². The molecule has 0 spiro atoms. The van der Waals surface area contributed by atoms with E-state index in [4.69, 9.17) is 9.84 Å². The van der Waals surface area contributed by atoms with Crippen molar-refractivity contribution in [2.45, 2.75) is 12.6 Å². The largest absolute Gasteiger partial charge is 0.455 e. The summed E-state index contributed by atoms with van der Waals surface area (Å²) in [5.74, 6) is 0.358. The van der Waals surface area contributed by atoms with Crippen molar-refractivity contribution in [3.8, 4) is 11.5 Å². The molecule has 0 aliphatic carbocycles. The van der Waals surface area contributed by atoms with E-state index in [-0.39, 0.29) is 19.6 Å². The van der Waals surface area contributed by atoms with Crippen LogP contribution in [0.2, 0.25) is 0 Å². The summed E-state index contributed by atoms with van der Waals surface area (Å²) >= 11 is 0. The Morgan fingerprint density at radius 1 is 1.07 bits per heavy atom. The fraction of sp³-hybridized carbons (Fsp3) is 0.316. The number of halogens is 3. The number of hydrogen-bond acceptors (Lipinski definition) is 4. The number of para-hydroxylation sites is 3. The molecule has 0 fully saturated rings. The van der Waals surface area contributed by atoms with Gasteiger partial charge in [0.25, 0.3) is 0 Å². The quantitative estimate of drug-likeness (QED) is 0.695. The molecule has 146 valence electrons. The van der Waals surface area contributed by atoms with E-state index in [9.17, 15) is 18.0 Å². The summed E-state index contributed by atoms with van der Waals surface area (Å²) < 4.78 is 43.7. The molecule has 0 bridgehead atoms. The molecule has 0 radical (unpaired) electrons. The Morgan fingerprint density at radius 3 is 2.41 bits per heavy atom. The number of aliphatic hydroxyl groups is 1. The number of anilines is 1. The van der Waals surface area contributed by atoms with Crippen LogP contribution in [-0.2, 0) is 4.79 Å². The number of nitrogens with zero attached hydrogens (tertiary/aromatic N) is 1. The van der Waals surface area contributed by atoms with E-state index < -0.39 is 25.2 Å². The Balaban J connectivity index is 2.03. The first-order valence-corrected chi connectivity index (χ1v) is 8.39. The van der Waals surface area contributed by atoms with Crippen molar-refractivity contribution in [3.05, 3.63) is 54.6 Å². The molecule has 0 aliphatic rings. The molecule has 27 heavy (non-hydrogen) atoms. The van der Waals surface area contributed by atoms with Crippen molar-refractivity contribution in [3.63, 3.8) is 0 Å². The van der Waals surface area contributed by atoms with Crippen LogP contribution in [0.25, 0.3) is 0 Å². The van der Waals surface area contributed by atoms with E-state index in [1.54, 1.807) is 48.5 Å². The number of alkyl halides is 3. The maximum absolute atomic E-state index is 12.7. The van der Waals surface area contributed by atoms with Gasteiger partial charge in [0.05, 0.1) is 18.8 Å². The Labute approximate surface area is 155 Å². The van der Waals surface area contributed by atoms with Crippen LogP contribution >= 0.6 is 0 Å². The van der Waals surface area contributed by atoms with Gasteiger partial charge < -0.3 is 15.2 Å². The lowest BCUT2D eigenvalue weighted by Crippen LogP contribution is -2.40. The monoisotopic (exact) mass is 382 g/mol. The third-order valence-electron chi connectivity index (χ3n) is 3.53. The number of carbonyl (C=O) groups is 1. The molecule has 2 aromatic carbocycles. The van der Waals surface area contributed by atoms with Gasteiger partial charge in [-0.15, -0.1) is 0 Å². The van der Waals surface area contributed by atoms with Crippen LogP contribution in [-0.4, -0.2) is 48.3 Å². The van der Waals surface area contributed by atoms with Gasteiger partial charge in [0.1, 0.15) is 5.75 Å². The fourth-order valence-corrected chi connectivity index (χ4v) is 2.43. The van der Waals surface area contributed by atoms with Gasteiger partial charge in [0.15, 0.2) is 5.75 Å². The molecule has 2 N–H and O–H groups in total. The number of benzene rings is 2. The third kappa shape index (κ3) is 7.67. The molecule has 2 aromatic rings. The van der Waals surface area contributed by atoms with Crippen LogP contribution in [0.4, 0.5) is 18.9 Å². The predicted octanol–water partition coefficient (Wildman–Crippen LogP) is 3.66. The summed E-state index contributed by atoms with van der Waals surface area (Å²) in [5.41, 5.74) is 0.362. The third-order valence-corrected chi connectivity index (χ3v) is 3.53. The molecule has 0 saturated heterocycles. The van der Waals surface area contributed by atoms with Crippen molar-refractivity contribution in [2.75, 3.05) is 31.6 Å². The van der Waals surface area contributed by atoms with Gasteiger partial charge in [0, 0.05) is 13.2 Å². The highest BCUT2D eigenvalue weighted by Crippen LogP contribution is 2.29. The highest BCUT2D eigenvalue weighted by Gasteiger charge is 2.31. The number of ether oxygens (including phenoxy) is 1. The van der Waals surface area contributed by atoms with Gasteiger partial charge in [-0.05, 0) is 30.7 Å². The Bertz CT molecular complexity index is 724. The van der Waals surface area contributed by atoms with E-state index in [2.05, 4.69) is 5.32 Å². The molecule has 1 amide bonds. The summed E-state index contributed by atoms with van der Waals surface area (Å²) in [4.78, 5) is 13.2. The number of aliphatic hydroxyl groups excluding tert-OH is 1. The average Bonchev–Trinajstić information content (AvgIpc) is 2.61. The minimum atomic E-state index is -4.43. The number of amides is 1. The van der Waals surface area contributed by atoms with Gasteiger partial charge in [-0.2, -0.15) is 13.2 Å². The SMILES string of the molecule is O=C(CN(CCCO)CC(F)(F)F)Nc1ccccc1Oc1ccccc1. The first kappa shape index (κ1) is 20.7. The number of nitrogens with one attached hydrogen (secondary N) is 1. The molecule has 8 heteroatoms. The predicted molar refractivity (Wildman–Crippen MR) is 95.8 cm³/mol. The summed E-state index contributed by atoms with van der Waals surface area (Å²) in [7, 11) is 0. The molecule has 0 aromatic heterocycles. The van der Waals surface area contributed by atoms with E-state index in [1.165, 1.54) is 0 Å². The maximum atomic E-state index is 12.7. The number of rotatable bonds is 9. The first-order chi connectivity index (χ1) is 12.9. The lowest BCUT2D eigenvalue weighted by molar-refractivity contribution is -0.148. The fourth-order valence-electron chi connectivity index (χ4n) is 2.43. The Hall–Kier alpha value is -2.58. The lowest BCUT2D eigenvalue weighted by atomic mass is 10.2. The average molecular weight is 382 g/mol. The van der Waals surface area contributed by atoms with Crippen molar-refractivity contribution in [2.24, 2.45) is 0 Å². The van der Waals surface area contributed by atoms with Crippen molar-refractivity contribution < 1.29 is 27.8 Å². The molecule has 5 nitrogen and oxygen atoms in total. The first-order valence-electron chi connectivity index (χ1n) is 8.39. The summed E-state index contributed by atoms with van der Waals surface area (Å²) in [6.07, 6.45) is -4.28. The van der Waals surface area contributed by atoms with Gasteiger partial charge in [-0.3, -0.25) is 9.69 Å². The molecule has 2 rings (SSSR count). The molecule has 0 aliphatic heterocycles. The highest BCUT2D eigenvalue weighted by atomic mass is 19.4. The zero-order valence-electron chi connectivity index (χ0n) is 14.6. The van der Waals surface area contributed by atoms with Crippen molar-refractivity contribution in [1.82, 2.24) is 4.90 Å². The lowest BCUT2D eigenvalue weighted by Gasteiger charge is -2.23. The van der Waals surface area contributed by atoms with Crippen LogP contribution < -0.4 is 10.1 Å². The summed E-state index contributed by atoms with van der Waals surface area (Å²) in [5, 5.41) is 11.4. The van der Waals surface area contributed by atoms with Crippen molar-refractivity contribution in [1.29, 1.82) is 0 Å². The van der Waals surface area contributed by atoms with Crippen molar-refractivity contribution >= 4 is 11.6 Å². The standard InChI is InChI=1S/C19H21F3N2O3/c20-19(21,22)14-24(11-6-12-25)13-18(26)23-16-9-4-5-10-17(16)27-15-7-2-1-3-8-15/h1-5,7-10,25H,6,11-14H2,(H,23,26). The molecular formula is C19H21F3N2O3. The van der Waals surface area contributed by atoms with Crippen LogP contribution in [0.5, 0.6) is 11.5 Å². The van der Waals surface area contributed by atoms with Gasteiger partial charge >= 0.3 is 6.18 Å². The summed E-state index contributed by atoms with van der Waals surface area (Å²) in [6.45, 7) is -1.95. The highest BCUT2D eigenvalue weighted by molar-refractivity contribution is 5.93. The molecule has 0 atom stereocenters. The van der Waals surface area contributed by atoms with Crippen LogP contribution in [0.15, 0.2) is 54.6 Å². The van der Waals surface area contributed by atoms with Crippen LogP contribution in [0, 0.1) is 0 Å². The van der Waals surface area contributed by atoms with Gasteiger partial charge in [0.2, 0.25) is 5.91 Å². The zero-order valence-corrected chi connectivity index (χ0v) is 14.6. The van der Waals surface area contributed by atoms with Gasteiger partial charge in [-0.25, -0.2) is 0 Å². The maximum Gasteiger partial charge on any atom is 0.401 e. The van der Waals surface area contributed by atoms with Gasteiger partial charge in [-0.1, -0.05) is 30.3 Å².